The van der Waals surface area contributed by atoms with Gasteiger partial charge < -0.3 is 9.64 Å². The third-order valence-corrected chi connectivity index (χ3v) is 3.80. The minimum atomic E-state index is -0.451. The zero-order chi connectivity index (χ0) is 16.6. The number of hydrogen-bond donors (Lipinski definition) is 0. The van der Waals surface area contributed by atoms with Crippen LogP contribution in [0, 0.1) is 11.3 Å². The predicted molar refractivity (Wildman–Crippen MR) is 90.2 cm³/mol. The minimum absolute atomic E-state index is 0.209. The normalized spacial score (nSPS) is 16.1. The van der Waals surface area contributed by atoms with Gasteiger partial charge in [-0.3, -0.25) is 9.79 Å². The van der Waals surface area contributed by atoms with Crippen molar-refractivity contribution in [2.45, 2.75) is 53.5 Å². The van der Waals surface area contributed by atoms with Crippen molar-refractivity contribution in [2.75, 3.05) is 34.4 Å². The van der Waals surface area contributed by atoms with Crippen LogP contribution in [0.15, 0.2) is 4.99 Å². The van der Waals surface area contributed by atoms with Crippen molar-refractivity contribution in [1.82, 2.24) is 4.90 Å². The van der Waals surface area contributed by atoms with E-state index in [1.54, 1.807) is 7.11 Å². The summed E-state index contributed by atoms with van der Waals surface area (Å²) < 4.78 is 5.16. The number of aliphatic imine (C=N–C) groups is 1. The molecule has 0 bridgehead atoms. The lowest BCUT2D eigenvalue weighted by atomic mass is 9.84. The third kappa shape index (κ3) is 7.72. The quantitative estimate of drug-likeness (QED) is 0.582. The van der Waals surface area contributed by atoms with Crippen molar-refractivity contribution in [1.29, 1.82) is 0 Å². The van der Waals surface area contributed by atoms with E-state index in [4.69, 9.17) is 9.73 Å². The second kappa shape index (κ2) is 9.31. The van der Waals surface area contributed by atoms with Gasteiger partial charge in [0, 0.05) is 31.2 Å². The molecule has 0 aromatic heterocycles. The van der Waals surface area contributed by atoms with Gasteiger partial charge in [-0.05, 0) is 33.4 Å². The summed E-state index contributed by atoms with van der Waals surface area (Å²) in [5.74, 6) is 0.553. The molecule has 2 unspecified atom stereocenters. The van der Waals surface area contributed by atoms with Crippen LogP contribution in [0.1, 0.15) is 47.5 Å². The number of rotatable bonds is 10. The average Bonchev–Trinajstić information content (AvgIpc) is 2.35. The van der Waals surface area contributed by atoms with E-state index in [9.17, 15) is 4.79 Å². The number of likely N-dealkylation sites (N-methyl/N-ethyl adjacent to an activating group) is 1. The Kier molecular flexibility index (Phi) is 8.98. The van der Waals surface area contributed by atoms with Crippen LogP contribution in [0.25, 0.3) is 0 Å². The van der Waals surface area contributed by atoms with Crippen LogP contribution in [0.4, 0.5) is 0 Å². The van der Waals surface area contributed by atoms with Crippen LogP contribution in [0.2, 0.25) is 0 Å². The van der Waals surface area contributed by atoms with Crippen LogP contribution in [-0.4, -0.2) is 56.8 Å². The summed E-state index contributed by atoms with van der Waals surface area (Å²) in [6.07, 6.45) is 1.44. The molecule has 0 radical (unpaired) electrons. The van der Waals surface area contributed by atoms with E-state index < -0.39 is 5.41 Å². The van der Waals surface area contributed by atoms with Gasteiger partial charge in [-0.15, -0.1) is 0 Å². The largest absolute Gasteiger partial charge is 0.384 e. The highest BCUT2D eigenvalue weighted by molar-refractivity contribution is 6.05. The molecule has 0 rings (SSSR count). The van der Waals surface area contributed by atoms with E-state index in [1.807, 2.05) is 27.9 Å². The second-order valence-corrected chi connectivity index (χ2v) is 6.96. The summed E-state index contributed by atoms with van der Waals surface area (Å²) in [6.45, 7) is 11.6. The summed E-state index contributed by atoms with van der Waals surface area (Å²) >= 11 is 0. The number of carbonyl (C=O) groups excluding carboxylic acids is 1. The van der Waals surface area contributed by atoms with Crippen molar-refractivity contribution in [3.8, 4) is 0 Å². The maximum absolute atomic E-state index is 12.5. The molecule has 0 saturated heterocycles. The van der Waals surface area contributed by atoms with Crippen LogP contribution in [0.3, 0.4) is 0 Å². The second-order valence-electron chi connectivity index (χ2n) is 6.96. The first-order valence-corrected chi connectivity index (χ1v) is 7.87. The topological polar surface area (TPSA) is 41.9 Å². The number of nitrogens with zero attached hydrogens (tertiary/aromatic N) is 2. The van der Waals surface area contributed by atoms with Crippen LogP contribution < -0.4 is 0 Å². The first kappa shape index (κ1) is 20.3. The van der Waals surface area contributed by atoms with Crippen LogP contribution in [0.5, 0.6) is 0 Å². The number of hydrogen-bond acceptors (Lipinski definition) is 4. The number of ketones is 1. The number of Topliss-reactive ketones (excluding diaryl/α,β-unsaturated/α-hetero) is 1. The Morgan fingerprint density at radius 1 is 1.29 bits per heavy atom. The number of methoxy groups -OCH3 is 1. The highest BCUT2D eigenvalue weighted by Crippen LogP contribution is 2.21. The van der Waals surface area contributed by atoms with E-state index in [2.05, 4.69) is 25.7 Å². The van der Waals surface area contributed by atoms with E-state index in [-0.39, 0.29) is 11.8 Å². The van der Waals surface area contributed by atoms with Gasteiger partial charge in [-0.25, -0.2) is 0 Å². The Morgan fingerprint density at radius 2 is 1.86 bits per heavy atom. The molecule has 0 aromatic carbocycles. The molecule has 0 aliphatic carbocycles. The number of ether oxygens (including phenoxy) is 1. The molecule has 0 N–H and O–H groups in total. The lowest BCUT2D eigenvalue weighted by Crippen LogP contribution is -2.33. The Bertz CT molecular complexity index is 349. The fourth-order valence-corrected chi connectivity index (χ4v) is 2.28. The fraction of sp³-hybridized carbons (Fsp3) is 0.882. The molecule has 0 fully saturated rings. The summed E-state index contributed by atoms with van der Waals surface area (Å²) in [5, 5.41) is 0. The van der Waals surface area contributed by atoms with Crippen molar-refractivity contribution >= 4 is 11.5 Å². The van der Waals surface area contributed by atoms with E-state index in [0.717, 1.165) is 18.7 Å². The summed E-state index contributed by atoms with van der Waals surface area (Å²) in [6, 6.07) is 0.210. The molecular weight excluding hydrogens is 264 g/mol. The summed E-state index contributed by atoms with van der Waals surface area (Å²) in [4.78, 5) is 19.5. The SMILES string of the molecule is CCC(C)/C(CC(=O)C(C)(C)COC)=N\C(C)CN(C)C. The summed E-state index contributed by atoms with van der Waals surface area (Å²) in [7, 11) is 5.72. The first-order chi connectivity index (χ1) is 9.63. The van der Waals surface area contributed by atoms with Gasteiger partial charge in [0.15, 0.2) is 0 Å². The highest BCUT2D eigenvalue weighted by Gasteiger charge is 2.29. The molecular formula is C17H34N2O2. The van der Waals surface area contributed by atoms with Gasteiger partial charge in [0.1, 0.15) is 5.78 Å². The third-order valence-electron chi connectivity index (χ3n) is 3.80. The van der Waals surface area contributed by atoms with Crippen molar-refractivity contribution in [2.24, 2.45) is 16.3 Å². The standard InChI is InChI=1S/C17H34N2O2/c1-9-13(2)15(18-14(3)11-19(6)7)10-16(20)17(4,5)12-21-8/h13-14H,9-12H2,1-8H3/b18-15-. The Labute approximate surface area is 131 Å². The van der Waals surface area contributed by atoms with Crippen LogP contribution in [-0.2, 0) is 9.53 Å². The smallest absolute Gasteiger partial charge is 0.146 e. The van der Waals surface area contributed by atoms with Crippen molar-refractivity contribution in [3.05, 3.63) is 0 Å². The number of carbonyl (C=O) groups is 1. The lowest BCUT2D eigenvalue weighted by Gasteiger charge is -2.24. The van der Waals surface area contributed by atoms with E-state index >= 15 is 0 Å². The Balaban J connectivity index is 5.01. The molecule has 124 valence electrons. The molecule has 4 heteroatoms. The lowest BCUT2D eigenvalue weighted by molar-refractivity contribution is -0.128. The zero-order valence-corrected chi connectivity index (χ0v) is 15.2. The Morgan fingerprint density at radius 3 is 2.29 bits per heavy atom. The Hall–Kier alpha value is -0.740. The molecule has 0 amide bonds. The first-order valence-electron chi connectivity index (χ1n) is 7.87. The summed E-state index contributed by atoms with van der Waals surface area (Å²) in [5.41, 5.74) is 0.578. The van der Waals surface area contributed by atoms with Gasteiger partial charge in [-0.1, -0.05) is 27.7 Å². The van der Waals surface area contributed by atoms with E-state index in [1.165, 1.54) is 0 Å². The molecule has 2 atom stereocenters. The monoisotopic (exact) mass is 298 g/mol. The highest BCUT2D eigenvalue weighted by atomic mass is 16.5. The maximum atomic E-state index is 12.5. The van der Waals surface area contributed by atoms with Gasteiger partial charge in [0.25, 0.3) is 0 Å². The van der Waals surface area contributed by atoms with Gasteiger partial charge in [0.05, 0.1) is 12.6 Å². The molecule has 21 heavy (non-hydrogen) atoms. The van der Waals surface area contributed by atoms with Crippen molar-refractivity contribution in [3.63, 3.8) is 0 Å². The molecule has 0 aliphatic heterocycles. The maximum Gasteiger partial charge on any atom is 0.146 e. The zero-order valence-electron chi connectivity index (χ0n) is 15.2. The average molecular weight is 298 g/mol. The molecule has 0 spiro atoms. The predicted octanol–water partition coefficient (Wildman–Crippen LogP) is 3.06. The molecule has 0 heterocycles. The molecule has 0 aromatic rings. The van der Waals surface area contributed by atoms with E-state index in [0.29, 0.717) is 18.9 Å². The van der Waals surface area contributed by atoms with Gasteiger partial charge >= 0.3 is 0 Å². The molecule has 4 nitrogen and oxygen atoms in total. The van der Waals surface area contributed by atoms with Gasteiger partial charge in [-0.2, -0.15) is 0 Å². The van der Waals surface area contributed by atoms with Crippen LogP contribution >= 0.6 is 0 Å². The molecule has 0 saturated carbocycles. The minimum Gasteiger partial charge on any atom is -0.384 e. The fourth-order valence-electron chi connectivity index (χ4n) is 2.28. The molecule has 0 aliphatic rings. The van der Waals surface area contributed by atoms with Gasteiger partial charge in [0.2, 0.25) is 0 Å². The van der Waals surface area contributed by atoms with Crippen molar-refractivity contribution < 1.29 is 9.53 Å².